The predicted octanol–water partition coefficient (Wildman–Crippen LogP) is 3.17. The Morgan fingerprint density at radius 3 is 2.84 bits per heavy atom. The first-order valence-electron chi connectivity index (χ1n) is 5.39. The van der Waals surface area contributed by atoms with Crippen LogP contribution in [-0.4, -0.2) is 14.6 Å². The second-order valence-electron chi connectivity index (χ2n) is 3.90. The van der Waals surface area contributed by atoms with Crippen molar-refractivity contribution in [3.05, 3.63) is 52.4 Å². The van der Waals surface area contributed by atoms with E-state index in [0.717, 1.165) is 4.47 Å². The molecule has 3 rings (SSSR count). The van der Waals surface area contributed by atoms with E-state index in [9.17, 15) is 4.39 Å². The summed E-state index contributed by atoms with van der Waals surface area (Å²) in [5.74, 6) is 0.175. The van der Waals surface area contributed by atoms with Crippen molar-refractivity contribution in [1.29, 1.82) is 5.26 Å². The van der Waals surface area contributed by atoms with Crippen LogP contribution in [0.1, 0.15) is 5.56 Å². The molecule has 1 aromatic carbocycles. The van der Waals surface area contributed by atoms with Crippen LogP contribution in [0, 0.1) is 17.1 Å². The lowest BCUT2D eigenvalue weighted by Crippen LogP contribution is -1.91. The van der Waals surface area contributed by atoms with E-state index in [2.05, 4.69) is 26.1 Å². The molecule has 2 heterocycles. The zero-order chi connectivity index (χ0) is 13.4. The minimum Gasteiger partial charge on any atom is -0.282 e. The Balaban J connectivity index is 2.26. The summed E-state index contributed by atoms with van der Waals surface area (Å²) in [6, 6.07) is 9.70. The van der Waals surface area contributed by atoms with Gasteiger partial charge in [0.1, 0.15) is 5.82 Å². The summed E-state index contributed by atoms with van der Waals surface area (Å²) in [4.78, 5) is 0. The van der Waals surface area contributed by atoms with E-state index in [1.54, 1.807) is 28.8 Å². The molecule has 0 fully saturated rings. The SMILES string of the molecule is N#Cc1ccn2c(-c3cc(F)ccc3Br)nnc2c1. The molecule has 0 bridgehead atoms. The number of nitriles is 1. The molecular weight excluding hydrogens is 311 g/mol. The molecule has 0 amide bonds. The highest BCUT2D eigenvalue weighted by molar-refractivity contribution is 9.10. The van der Waals surface area contributed by atoms with Gasteiger partial charge in [-0.1, -0.05) is 15.9 Å². The number of nitrogens with zero attached hydrogens (tertiary/aromatic N) is 4. The number of halogens is 2. The monoisotopic (exact) mass is 316 g/mol. The summed E-state index contributed by atoms with van der Waals surface area (Å²) in [6.07, 6.45) is 1.70. The highest BCUT2D eigenvalue weighted by Crippen LogP contribution is 2.28. The predicted molar refractivity (Wildman–Crippen MR) is 70.8 cm³/mol. The normalized spacial score (nSPS) is 10.6. The molecule has 0 N–H and O–H groups in total. The fourth-order valence-corrected chi connectivity index (χ4v) is 2.24. The van der Waals surface area contributed by atoms with E-state index < -0.39 is 0 Å². The topological polar surface area (TPSA) is 54.0 Å². The van der Waals surface area contributed by atoms with Gasteiger partial charge in [0.15, 0.2) is 11.5 Å². The summed E-state index contributed by atoms with van der Waals surface area (Å²) in [6.45, 7) is 0. The van der Waals surface area contributed by atoms with Gasteiger partial charge in [0, 0.05) is 22.3 Å². The summed E-state index contributed by atoms with van der Waals surface area (Å²) in [7, 11) is 0. The lowest BCUT2D eigenvalue weighted by molar-refractivity contribution is 0.628. The molecule has 3 aromatic rings. The zero-order valence-corrected chi connectivity index (χ0v) is 11.1. The number of benzene rings is 1. The Labute approximate surface area is 116 Å². The van der Waals surface area contributed by atoms with E-state index >= 15 is 0 Å². The molecule has 0 atom stereocenters. The first kappa shape index (κ1) is 11.8. The molecule has 0 spiro atoms. The van der Waals surface area contributed by atoms with Crippen LogP contribution in [0.4, 0.5) is 4.39 Å². The van der Waals surface area contributed by atoms with E-state index in [0.29, 0.717) is 22.6 Å². The van der Waals surface area contributed by atoms with Crippen LogP contribution in [0.5, 0.6) is 0 Å². The lowest BCUT2D eigenvalue weighted by Gasteiger charge is -2.03. The van der Waals surface area contributed by atoms with Crippen LogP contribution in [0.25, 0.3) is 17.0 Å². The molecule has 0 aliphatic heterocycles. The van der Waals surface area contributed by atoms with Crippen molar-refractivity contribution in [1.82, 2.24) is 14.6 Å². The van der Waals surface area contributed by atoms with Crippen molar-refractivity contribution in [3.63, 3.8) is 0 Å². The number of fused-ring (bicyclic) bond motifs is 1. The van der Waals surface area contributed by atoms with Gasteiger partial charge in [-0.2, -0.15) is 5.26 Å². The quantitative estimate of drug-likeness (QED) is 0.693. The van der Waals surface area contributed by atoms with Crippen LogP contribution in [-0.2, 0) is 0 Å². The molecule has 0 saturated heterocycles. The zero-order valence-electron chi connectivity index (χ0n) is 9.51. The van der Waals surface area contributed by atoms with Crippen molar-refractivity contribution < 1.29 is 4.39 Å². The van der Waals surface area contributed by atoms with Crippen LogP contribution >= 0.6 is 15.9 Å². The highest BCUT2D eigenvalue weighted by atomic mass is 79.9. The molecule has 4 nitrogen and oxygen atoms in total. The minimum absolute atomic E-state index is 0.344. The largest absolute Gasteiger partial charge is 0.282 e. The van der Waals surface area contributed by atoms with Crippen LogP contribution in [0.3, 0.4) is 0 Å². The maximum Gasteiger partial charge on any atom is 0.169 e. The van der Waals surface area contributed by atoms with Crippen LogP contribution in [0.15, 0.2) is 41.0 Å². The average molecular weight is 317 g/mol. The van der Waals surface area contributed by atoms with Gasteiger partial charge in [0.05, 0.1) is 11.6 Å². The molecule has 19 heavy (non-hydrogen) atoms. The van der Waals surface area contributed by atoms with Gasteiger partial charge in [-0.25, -0.2) is 4.39 Å². The van der Waals surface area contributed by atoms with Gasteiger partial charge in [-0.15, -0.1) is 10.2 Å². The molecule has 92 valence electrons. The Hall–Kier alpha value is -2.26. The lowest BCUT2D eigenvalue weighted by atomic mass is 10.2. The van der Waals surface area contributed by atoms with Crippen molar-refractivity contribution in [2.75, 3.05) is 0 Å². The number of hydrogen-bond acceptors (Lipinski definition) is 3. The van der Waals surface area contributed by atoms with Crippen molar-refractivity contribution in [2.24, 2.45) is 0 Å². The van der Waals surface area contributed by atoms with E-state index in [4.69, 9.17) is 5.26 Å². The standard InChI is InChI=1S/C13H6BrFN4/c14-11-2-1-9(15)6-10(11)13-18-17-12-5-8(7-16)3-4-19(12)13/h1-6H. The second kappa shape index (κ2) is 4.44. The number of rotatable bonds is 1. The molecule has 0 saturated carbocycles. The first-order chi connectivity index (χ1) is 9.19. The Kier molecular flexibility index (Phi) is 2.76. The Morgan fingerprint density at radius 2 is 2.05 bits per heavy atom. The van der Waals surface area contributed by atoms with Crippen LogP contribution < -0.4 is 0 Å². The van der Waals surface area contributed by atoms with Gasteiger partial charge in [0.25, 0.3) is 0 Å². The highest BCUT2D eigenvalue weighted by Gasteiger charge is 2.12. The maximum atomic E-state index is 13.3. The summed E-state index contributed by atoms with van der Waals surface area (Å²) in [5.41, 5.74) is 1.66. The summed E-state index contributed by atoms with van der Waals surface area (Å²) < 4.78 is 15.8. The molecular formula is C13H6BrFN4. The molecule has 6 heteroatoms. The van der Waals surface area contributed by atoms with Crippen molar-refractivity contribution in [2.45, 2.75) is 0 Å². The van der Waals surface area contributed by atoms with Gasteiger partial charge in [0.2, 0.25) is 0 Å². The summed E-state index contributed by atoms with van der Waals surface area (Å²) >= 11 is 3.37. The van der Waals surface area contributed by atoms with E-state index in [1.165, 1.54) is 12.1 Å². The third-order valence-corrected chi connectivity index (χ3v) is 3.40. The first-order valence-corrected chi connectivity index (χ1v) is 6.18. The van der Waals surface area contributed by atoms with E-state index in [1.807, 2.05) is 6.07 Å². The fraction of sp³-hybridized carbons (Fsp3) is 0. The smallest absolute Gasteiger partial charge is 0.169 e. The van der Waals surface area contributed by atoms with Gasteiger partial charge in [-0.05, 0) is 24.3 Å². The van der Waals surface area contributed by atoms with E-state index in [-0.39, 0.29) is 5.82 Å². The molecule has 0 aliphatic rings. The number of pyridine rings is 1. The second-order valence-corrected chi connectivity index (χ2v) is 4.76. The van der Waals surface area contributed by atoms with Gasteiger partial charge < -0.3 is 0 Å². The van der Waals surface area contributed by atoms with Gasteiger partial charge >= 0.3 is 0 Å². The molecule has 2 aromatic heterocycles. The Morgan fingerprint density at radius 1 is 1.21 bits per heavy atom. The van der Waals surface area contributed by atoms with Crippen molar-refractivity contribution in [3.8, 4) is 17.5 Å². The molecule has 0 aliphatic carbocycles. The van der Waals surface area contributed by atoms with Crippen molar-refractivity contribution >= 4 is 21.6 Å². The average Bonchev–Trinajstić information content (AvgIpc) is 2.84. The maximum absolute atomic E-state index is 13.3. The van der Waals surface area contributed by atoms with Gasteiger partial charge in [-0.3, -0.25) is 4.40 Å². The number of aromatic nitrogens is 3. The third kappa shape index (κ3) is 1.98. The molecule has 0 unspecified atom stereocenters. The van der Waals surface area contributed by atoms with Crippen LogP contribution in [0.2, 0.25) is 0 Å². The molecule has 0 radical (unpaired) electrons. The fourth-order valence-electron chi connectivity index (χ4n) is 1.81. The summed E-state index contributed by atoms with van der Waals surface area (Å²) in [5, 5.41) is 16.9. The number of hydrogen-bond donors (Lipinski definition) is 0. The third-order valence-electron chi connectivity index (χ3n) is 2.71. The Bertz CT molecular complexity index is 819. The minimum atomic E-state index is -0.344.